The molecule has 0 aromatic heterocycles. The maximum atomic E-state index is 9.53. The Balaban J connectivity index is 0.000000281. The van der Waals surface area contributed by atoms with Gasteiger partial charge >= 0.3 is 5.97 Å². The zero-order valence-electron chi connectivity index (χ0n) is 9.18. The van der Waals surface area contributed by atoms with Crippen LogP contribution in [0.4, 0.5) is 0 Å². The predicted octanol–water partition coefficient (Wildman–Crippen LogP) is -1.58. The summed E-state index contributed by atoms with van der Waals surface area (Å²) in [6.45, 7) is 5.72. The molecular formula is C10H16N2O4. The summed E-state index contributed by atoms with van der Waals surface area (Å²) in [5, 5.41) is 20.4. The van der Waals surface area contributed by atoms with Crippen molar-refractivity contribution < 1.29 is 24.4 Å². The van der Waals surface area contributed by atoms with Gasteiger partial charge in [-0.2, -0.15) is 0 Å². The second-order valence-corrected chi connectivity index (χ2v) is 3.11. The first-order valence-corrected chi connectivity index (χ1v) is 4.99. The van der Waals surface area contributed by atoms with Gasteiger partial charge in [0.15, 0.2) is 0 Å². The first-order valence-electron chi connectivity index (χ1n) is 4.99. The highest BCUT2D eigenvalue weighted by molar-refractivity contribution is 5.88. The third-order valence-corrected chi connectivity index (χ3v) is 1.69. The number of hydrogen-bond acceptors (Lipinski definition) is 4. The molecule has 16 heavy (non-hydrogen) atoms. The van der Waals surface area contributed by atoms with E-state index in [2.05, 4.69) is 23.2 Å². The number of hydrogen-bond donors (Lipinski definition) is 2. The zero-order chi connectivity index (χ0) is 12.4. The Morgan fingerprint density at radius 2 is 2.25 bits per heavy atom. The van der Waals surface area contributed by atoms with E-state index in [1.165, 1.54) is 19.5 Å². The van der Waals surface area contributed by atoms with Crippen molar-refractivity contribution in [3.05, 3.63) is 12.2 Å². The molecule has 0 radical (unpaired) electrons. The molecule has 0 aromatic carbocycles. The fraction of sp³-hybridized carbons (Fsp3) is 0.500. The number of carboxylic acids is 2. The van der Waals surface area contributed by atoms with Crippen LogP contribution in [-0.4, -0.2) is 47.6 Å². The van der Waals surface area contributed by atoms with Crippen LogP contribution in [0.5, 0.6) is 0 Å². The van der Waals surface area contributed by atoms with Crippen molar-refractivity contribution in [2.45, 2.75) is 13.3 Å². The summed E-state index contributed by atoms with van der Waals surface area (Å²) in [6.07, 6.45) is 4.26. The Morgan fingerprint density at radius 3 is 2.56 bits per heavy atom. The van der Waals surface area contributed by atoms with Crippen LogP contribution in [0.1, 0.15) is 13.3 Å². The van der Waals surface area contributed by atoms with Crippen molar-refractivity contribution in [2.24, 2.45) is 0 Å². The summed E-state index contributed by atoms with van der Waals surface area (Å²) >= 11 is 0. The van der Waals surface area contributed by atoms with Gasteiger partial charge in [-0.3, -0.25) is 9.89 Å². The second kappa shape index (κ2) is 8.46. The maximum absolute atomic E-state index is 9.53. The normalized spacial score (nSPS) is 13.7. The first kappa shape index (κ1) is 14.2. The molecular weight excluding hydrogens is 212 g/mol. The van der Waals surface area contributed by atoms with Crippen molar-refractivity contribution in [3.63, 3.8) is 0 Å². The molecule has 0 unspecified atom stereocenters. The molecule has 0 aliphatic carbocycles. The summed E-state index contributed by atoms with van der Waals surface area (Å²) in [5.41, 5.74) is 0. The van der Waals surface area contributed by atoms with E-state index in [0.717, 1.165) is 6.54 Å². The molecule has 2 N–H and O–H groups in total. The molecule has 1 rings (SSSR count). The lowest BCUT2D eigenvalue weighted by Gasteiger charge is -1.92. The molecule has 0 spiro atoms. The Morgan fingerprint density at radius 1 is 1.56 bits per heavy atom. The second-order valence-electron chi connectivity index (χ2n) is 3.11. The van der Waals surface area contributed by atoms with Gasteiger partial charge in [0.25, 0.3) is 0 Å². The first-order chi connectivity index (χ1) is 7.56. The van der Waals surface area contributed by atoms with Crippen LogP contribution in [0, 0.1) is 0 Å². The number of carbonyl (C=O) groups is 2. The van der Waals surface area contributed by atoms with Crippen molar-refractivity contribution in [3.8, 4) is 0 Å². The maximum Gasteiger partial charge on any atom is 0.328 e. The van der Waals surface area contributed by atoms with Crippen LogP contribution in [0.2, 0.25) is 0 Å². The smallest absolute Gasteiger partial charge is 0.328 e. The fourth-order valence-electron chi connectivity index (χ4n) is 1.07. The standard InChI is InChI=1S/C6H12N2.C4H4O4/c1-2-4-8-5-3-7-6-8;5-3(6)1-2-4(7)8/h6H,2-5H2,1H3;1-2H,(H,5,6)(H,7,8). The monoisotopic (exact) mass is 228 g/mol. The number of carboxylic acid groups (broad SMARTS) is 2. The van der Waals surface area contributed by atoms with Crippen molar-refractivity contribution in [1.29, 1.82) is 0 Å². The van der Waals surface area contributed by atoms with E-state index >= 15 is 0 Å². The summed E-state index contributed by atoms with van der Waals surface area (Å²) in [7, 11) is 0. The SMILES string of the molecule is CCC[N+]1=CNCC1.O=C([O-])C=CC(=O)O. The summed E-state index contributed by atoms with van der Waals surface area (Å²) in [6, 6.07) is 0. The van der Waals surface area contributed by atoms with E-state index < -0.39 is 11.9 Å². The van der Waals surface area contributed by atoms with Gasteiger partial charge < -0.3 is 15.0 Å². The zero-order valence-corrected chi connectivity index (χ0v) is 9.18. The van der Waals surface area contributed by atoms with Gasteiger partial charge in [0.2, 0.25) is 6.34 Å². The van der Waals surface area contributed by atoms with Crippen LogP contribution in [0.3, 0.4) is 0 Å². The minimum atomic E-state index is -1.51. The van der Waals surface area contributed by atoms with Gasteiger partial charge in [0.05, 0.1) is 12.5 Å². The van der Waals surface area contributed by atoms with Crippen molar-refractivity contribution in [2.75, 3.05) is 19.6 Å². The highest BCUT2D eigenvalue weighted by Gasteiger charge is 2.04. The molecule has 1 heterocycles. The van der Waals surface area contributed by atoms with Crippen molar-refractivity contribution >= 4 is 18.3 Å². The van der Waals surface area contributed by atoms with E-state index in [1.54, 1.807) is 0 Å². The van der Waals surface area contributed by atoms with Crippen LogP contribution in [-0.2, 0) is 9.59 Å². The number of aliphatic carboxylic acids is 2. The van der Waals surface area contributed by atoms with Crippen LogP contribution in [0.15, 0.2) is 12.2 Å². The highest BCUT2D eigenvalue weighted by Crippen LogP contribution is 1.81. The van der Waals surface area contributed by atoms with Gasteiger partial charge in [0.1, 0.15) is 13.1 Å². The highest BCUT2D eigenvalue weighted by atomic mass is 16.4. The van der Waals surface area contributed by atoms with E-state index in [9.17, 15) is 14.7 Å². The van der Waals surface area contributed by atoms with E-state index in [1.807, 2.05) is 0 Å². The third-order valence-electron chi connectivity index (χ3n) is 1.69. The molecule has 0 atom stereocenters. The average molecular weight is 228 g/mol. The third kappa shape index (κ3) is 8.74. The fourth-order valence-corrected chi connectivity index (χ4v) is 1.07. The summed E-state index contributed by atoms with van der Waals surface area (Å²) < 4.78 is 2.31. The van der Waals surface area contributed by atoms with Crippen LogP contribution < -0.4 is 10.4 Å². The number of carbonyl (C=O) groups excluding carboxylic acids is 1. The van der Waals surface area contributed by atoms with E-state index in [0.29, 0.717) is 12.2 Å². The summed E-state index contributed by atoms with van der Waals surface area (Å²) in [5.74, 6) is -2.80. The molecule has 6 nitrogen and oxygen atoms in total. The lowest BCUT2D eigenvalue weighted by Crippen LogP contribution is -2.19. The lowest BCUT2D eigenvalue weighted by molar-refractivity contribution is -0.513. The number of nitrogens with one attached hydrogen (secondary N) is 1. The minimum Gasteiger partial charge on any atom is -0.545 e. The molecule has 1 aliphatic rings. The average Bonchev–Trinajstić information content (AvgIpc) is 2.69. The molecule has 90 valence electrons. The van der Waals surface area contributed by atoms with Gasteiger partial charge in [0, 0.05) is 6.08 Å². The quantitative estimate of drug-likeness (QED) is 0.447. The van der Waals surface area contributed by atoms with Gasteiger partial charge in [-0.1, -0.05) is 6.92 Å². The molecule has 0 fully saturated rings. The molecule has 0 aromatic rings. The molecule has 1 aliphatic heterocycles. The van der Waals surface area contributed by atoms with Crippen LogP contribution in [0.25, 0.3) is 0 Å². The Bertz CT molecular complexity index is 281. The molecule has 0 saturated heterocycles. The molecule has 0 amide bonds. The number of nitrogens with zero attached hydrogens (tertiary/aromatic N) is 1. The molecule has 0 saturated carbocycles. The molecule has 6 heteroatoms. The van der Waals surface area contributed by atoms with Crippen LogP contribution >= 0.6 is 0 Å². The Hall–Kier alpha value is -1.85. The van der Waals surface area contributed by atoms with Gasteiger partial charge in [-0.15, -0.1) is 0 Å². The van der Waals surface area contributed by atoms with E-state index in [4.69, 9.17) is 5.11 Å². The minimum absolute atomic E-state index is 0.447. The largest absolute Gasteiger partial charge is 0.545 e. The lowest BCUT2D eigenvalue weighted by atomic mass is 10.5. The topological polar surface area (TPSA) is 92.5 Å². The molecule has 0 bridgehead atoms. The predicted molar refractivity (Wildman–Crippen MR) is 56.1 cm³/mol. The Labute approximate surface area is 93.9 Å². The Kier molecular flexibility index (Phi) is 7.48. The number of rotatable bonds is 4. The summed E-state index contributed by atoms with van der Waals surface area (Å²) in [4.78, 5) is 19.0. The van der Waals surface area contributed by atoms with E-state index in [-0.39, 0.29) is 0 Å². The van der Waals surface area contributed by atoms with Crippen molar-refractivity contribution in [1.82, 2.24) is 5.32 Å². The van der Waals surface area contributed by atoms with Gasteiger partial charge in [-0.05, 0) is 12.5 Å². The van der Waals surface area contributed by atoms with Gasteiger partial charge in [-0.25, -0.2) is 4.79 Å².